The molecule has 1 amide bonds. The molecule has 0 spiro atoms. The molecule has 38 heavy (non-hydrogen) atoms. The molecule has 3 rings (SSSR count). The number of carboxylic acid groups (broad SMARTS) is 1. The van der Waals surface area contributed by atoms with Gasteiger partial charge in [-0.05, 0) is 42.5 Å². The van der Waals surface area contributed by atoms with Crippen LogP contribution in [0.1, 0.15) is 26.7 Å². The van der Waals surface area contributed by atoms with Crippen LogP contribution in [-0.4, -0.2) is 105 Å². The van der Waals surface area contributed by atoms with Crippen molar-refractivity contribution in [2.24, 2.45) is 11.8 Å². The first-order valence-corrected chi connectivity index (χ1v) is 13.9. The second-order valence-corrected chi connectivity index (χ2v) is 11.7. The van der Waals surface area contributed by atoms with Gasteiger partial charge in [-0.15, -0.1) is 0 Å². The quantitative estimate of drug-likeness (QED) is 0.463. The van der Waals surface area contributed by atoms with E-state index >= 15 is 0 Å². The second kappa shape index (κ2) is 14.2. The fourth-order valence-electron chi connectivity index (χ4n) is 4.63. The van der Waals surface area contributed by atoms with Crippen molar-refractivity contribution in [3.63, 3.8) is 0 Å². The molecule has 14 heteroatoms. The normalized spacial score (nSPS) is 21.1. The molecule has 2 heterocycles. The van der Waals surface area contributed by atoms with Crippen molar-refractivity contribution in [3.05, 3.63) is 30.1 Å². The molecular formula is C24H36F4N4O5S. The van der Waals surface area contributed by atoms with Crippen LogP contribution in [0.4, 0.5) is 17.6 Å². The van der Waals surface area contributed by atoms with Gasteiger partial charge in [-0.2, -0.15) is 17.5 Å². The predicted molar refractivity (Wildman–Crippen MR) is 132 cm³/mol. The lowest BCUT2D eigenvalue weighted by Crippen LogP contribution is -2.48. The Bertz CT molecular complexity index is 1010. The smallest absolute Gasteiger partial charge is 0.475 e. The average Bonchev–Trinajstić information content (AvgIpc) is 2.83. The number of carbonyl (C=O) groups is 2. The summed E-state index contributed by atoms with van der Waals surface area (Å²) in [5.74, 6) is -2.09. The fraction of sp³-hybridized carbons (Fsp3) is 0.667. The van der Waals surface area contributed by atoms with Gasteiger partial charge in [0.2, 0.25) is 15.9 Å². The van der Waals surface area contributed by atoms with Crippen LogP contribution in [-0.2, 0) is 19.6 Å². The van der Waals surface area contributed by atoms with Gasteiger partial charge < -0.3 is 20.2 Å². The summed E-state index contributed by atoms with van der Waals surface area (Å²) in [6.07, 6.45) is -3.75. The van der Waals surface area contributed by atoms with E-state index in [1.165, 1.54) is 22.9 Å². The van der Waals surface area contributed by atoms with E-state index in [9.17, 15) is 30.8 Å². The number of aliphatic carboxylic acids is 1. The van der Waals surface area contributed by atoms with E-state index in [0.29, 0.717) is 38.0 Å². The maximum absolute atomic E-state index is 13.3. The Morgan fingerprint density at radius 2 is 1.58 bits per heavy atom. The lowest BCUT2D eigenvalue weighted by atomic mass is 9.92. The maximum atomic E-state index is 13.3. The van der Waals surface area contributed by atoms with Crippen LogP contribution in [0.3, 0.4) is 0 Å². The number of hydrogen-bond acceptors (Lipinski definition) is 6. The summed E-state index contributed by atoms with van der Waals surface area (Å²) in [6, 6.07) is 4.90. The molecule has 9 nitrogen and oxygen atoms in total. The van der Waals surface area contributed by atoms with Gasteiger partial charge in [0, 0.05) is 65.3 Å². The third-order valence-electron chi connectivity index (χ3n) is 6.35. The average molecular weight is 569 g/mol. The number of alkyl halides is 3. The fourth-order valence-corrected chi connectivity index (χ4v) is 6.06. The molecule has 2 atom stereocenters. The Morgan fingerprint density at radius 1 is 1.05 bits per heavy atom. The number of sulfonamides is 1. The molecule has 1 aromatic carbocycles. The van der Waals surface area contributed by atoms with Crippen molar-refractivity contribution in [2.75, 3.05) is 58.9 Å². The molecule has 0 saturated carbocycles. The maximum Gasteiger partial charge on any atom is 0.490 e. The summed E-state index contributed by atoms with van der Waals surface area (Å²) in [5, 5.41) is 10.3. The first-order valence-electron chi connectivity index (χ1n) is 12.5. The number of likely N-dealkylation sites (tertiary alicyclic amines) is 1. The van der Waals surface area contributed by atoms with Crippen molar-refractivity contribution in [1.82, 2.24) is 19.4 Å². The number of amides is 1. The first kappa shape index (κ1) is 31.9. The monoisotopic (exact) mass is 568 g/mol. The van der Waals surface area contributed by atoms with Gasteiger partial charge in [0.25, 0.3) is 0 Å². The van der Waals surface area contributed by atoms with Crippen molar-refractivity contribution in [2.45, 2.75) is 37.8 Å². The topological polar surface area (TPSA) is 110 Å². The van der Waals surface area contributed by atoms with Crippen LogP contribution in [0.25, 0.3) is 0 Å². The molecule has 0 aromatic heterocycles. The van der Waals surface area contributed by atoms with Gasteiger partial charge in [-0.3, -0.25) is 4.79 Å². The van der Waals surface area contributed by atoms with Crippen molar-refractivity contribution in [3.8, 4) is 0 Å². The molecule has 1 aromatic rings. The van der Waals surface area contributed by atoms with Gasteiger partial charge in [0.05, 0.1) is 4.90 Å². The molecule has 2 aliphatic heterocycles. The molecule has 0 aliphatic carbocycles. The number of rotatable bonds is 8. The zero-order valence-electron chi connectivity index (χ0n) is 21.6. The summed E-state index contributed by atoms with van der Waals surface area (Å²) in [4.78, 5) is 25.7. The van der Waals surface area contributed by atoms with Gasteiger partial charge in [-0.1, -0.05) is 13.8 Å². The Kier molecular flexibility index (Phi) is 11.9. The van der Waals surface area contributed by atoms with Gasteiger partial charge in [0.1, 0.15) is 5.82 Å². The number of nitrogens with one attached hydrogen (secondary N) is 1. The minimum atomic E-state index is -5.08. The van der Waals surface area contributed by atoms with Crippen LogP contribution in [0, 0.1) is 17.7 Å². The highest BCUT2D eigenvalue weighted by molar-refractivity contribution is 7.89. The highest BCUT2D eigenvalue weighted by Gasteiger charge is 2.38. The zero-order chi connectivity index (χ0) is 28.5. The highest BCUT2D eigenvalue weighted by atomic mass is 32.2. The van der Waals surface area contributed by atoms with E-state index in [0.717, 1.165) is 38.3 Å². The van der Waals surface area contributed by atoms with E-state index in [2.05, 4.69) is 24.1 Å². The van der Waals surface area contributed by atoms with Crippen molar-refractivity contribution < 1.29 is 40.7 Å². The lowest BCUT2D eigenvalue weighted by Gasteiger charge is -2.36. The Balaban J connectivity index is 0.000000638. The summed E-state index contributed by atoms with van der Waals surface area (Å²) in [5.41, 5.74) is 0. The summed E-state index contributed by atoms with van der Waals surface area (Å²) in [6.45, 7) is 10.2. The molecule has 2 N–H and O–H groups in total. The van der Waals surface area contributed by atoms with E-state index < -0.39 is 28.0 Å². The predicted octanol–water partition coefficient (Wildman–Crippen LogP) is 2.25. The van der Waals surface area contributed by atoms with E-state index in [1.807, 2.05) is 0 Å². The van der Waals surface area contributed by atoms with Gasteiger partial charge in [0.15, 0.2) is 0 Å². The molecule has 2 aliphatic rings. The number of benzene rings is 1. The summed E-state index contributed by atoms with van der Waals surface area (Å²) >= 11 is 0. The molecule has 2 saturated heterocycles. The second-order valence-electron chi connectivity index (χ2n) is 9.75. The number of piperidine rings is 1. The third-order valence-corrected chi connectivity index (χ3v) is 8.26. The number of nitrogens with zero attached hydrogens (tertiary/aromatic N) is 3. The standard InChI is InChI=1S/C22H35FN4O3S.C2HF3O2/c1-18-15-19(2)17-25(16-18)13-14-27(10-7-22(28)26-11-8-24-9-12-26)31(29,30)21-5-3-20(23)4-6-21;3-2(4,5)1(6)7/h3-6,18-19,24H,7-17H2,1-2H3;(H,6,7). The van der Waals surface area contributed by atoms with E-state index in [4.69, 9.17) is 9.90 Å². The Hall–Kier alpha value is -2.29. The minimum Gasteiger partial charge on any atom is -0.475 e. The molecule has 2 fully saturated rings. The number of carbonyl (C=O) groups excluding carboxylic acids is 1. The number of hydrogen-bond donors (Lipinski definition) is 2. The van der Waals surface area contributed by atoms with Crippen molar-refractivity contribution in [1.29, 1.82) is 0 Å². The molecule has 0 radical (unpaired) electrons. The number of halogens is 4. The highest BCUT2D eigenvalue weighted by Crippen LogP contribution is 2.22. The molecule has 216 valence electrons. The Labute approximate surface area is 220 Å². The van der Waals surface area contributed by atoms with Crippen LogP contribution < -0.4 is 5.32 Å². The zero-order valence-corrected chi connectivity index (χ0v) is 22.4. The van der Waals surface area contributed by atoms with Crippen LogP contribution in [0.15, 0.2) is 29.2 Å². The largest absolute Gasteiger partial charge is 0.490 e. The lowest BCUT2D eigenvalue weighted by molar-refractivity contribution is -0.192. The van der Waals surface area contributed by atoms with Gasteiger partial charge in [-0.25, -0.2) is 17.6 Å². The van der Waals surface area contributed by atoms with Crippen molar-refractivity contribution >= 4 is 21.9 Å². The van der Waals surface area contributed by atoms with E-state index in [1.54, 1.807) is 4.90 Å². The summed E-state index contributed by atoms with van der Waals surface area (Å²) < 4.78 is 73.0. The minimum absolute atomic E-state index is 0.0268. The molecule has 2 unspecified atom stereocenters. The van der Waals surface area contributed by atoms with Crippen LogP contribution >= 0.6 is 0 Å². The van der Waals surface area contributed by atoms with E-state index in [-0.39, 0.29) is 23.8 Å². The number of carboxylic acids is 1. The number of piperazine rings is 1. The third kappa shape index (κ3) is 10.1. The first-order chi connectivity index (χ1) is 17.7. The summed E-state index contributed by atoms with van der Waals surface area (Å²) in [7, 11) is -3.82. The SMILES string of the molecule is CC1CC(C)CN(CCN(CCC(=O)N2CCNCC2)S(=O)(=O)c2ccc(F)cc2)C1.O=C(O)C(F)(F)F. The molecule has 0 bridgehead atoms. The van der Waals surface area contributed by atoms with Crippen LogP contribution in [0.2, 0.25) is 0 Å². The molecular weight excluding hydrogens is 532 g/mol. The van der Waals surface area contributed by atoms with Crippen LogP contribution in [0.5, 0.6) is 0 Å². The van der Waals surface area contributed by atoms with Gasteiger partial charge >= 0.3 is 12.1 Å². The Morgan fingerprint density at radius 3 is 2.08 bits per heavy atom.